The van der Waals surface area contributed by atoms with Crippen LogP contribution in [0.25, 0.3) is 0 Å². The van der Waals surface area contributed by atoms with Gasteiger partial charge >= 0.3 is 5.97 Å². The minimum Gasteiger partial charge on any atom is -0.466 e. The summed E-state index contributed by atoms with van der Waals surface area (Å²) in [5.41, 5.74) is 5.23. The smallest absolute Gasteiger partial charge is 0.305 e. The van der Waals surface area contributed by atoms with Gasteiger partial charge in [-0.3, -0.25) is 4.79 Å². The molecule has 0 aliphatic heterocycles. The van der Waals surface area contributed by atoms with Crippen molar-refractivity contribution >= 4 is 23.2 Å². The topological polar surface area (TPSA) is 52.3 Å². The Balaban J connectivity index is 3.24. The highest BCUT2D eigenvalue weighted by atomic mass is 32.1. The van der Waals surface area contributed by atoms with Crippen LogP contribution in [0.3, 0.4) is 0 Å². The minimum atomic E-state index is -0.177. The summed E-state index contributed by atoms with van der Waals surface area (Å²) in [5, 5.41) is 0. The maximum Gasteiger partial charge on any atom is 0.305 e. The highest BCUT2D eigenvalue weighted by Gasteiger charge is 2.00. The average Bonchev–Trinajstić information content (AvgIpc) is 1.87. The molecule has 0 saturated carbocycles. The zero-order valence-corrected chi connectivity index (χ0v) is 7.45. The molecule has 0 unspecified atom stereocenters. The van der Waals surface area contributed by atoms with Gasteiger partial charge < -0.3 is 10.5 Å². The lowest BCUT2D eigenvalue weighted by Crippen LogP contribution is -2.09. The van der Waals surface area contributed by atoms with Gasteiger partial charge in [0.2, 0.25) is 0 Å². The molecule has 0 saturated heterocycles. The minimum absolute atomic E-state index is 0.177. The molecule has 0 spiro atoms. The van der Waals surface area contributed by atoms with E-state index >= 15 is 0 Å². The quantitative estimate of drug-likeness (QED) is 0.500. The molecule has 0 amide bonds. The zero-order valence-electron chi connectivity index (χ0n) is 6.63. The Bertz CT molecular complexity index is 147. The summed E-state index contributed by atoms with van der Waals surface area (Å²) in [6.45, 7) is 2.22. The molecule has 0 aromatic heterocycles. The highest BCUT2D eigenvalue weighted by molar-refractivity contribution is 7.80. The molecule has 0 aromatic rings. The third kappa shape index (κ3) is 7.25. The van der Waals surface area contributed by atoms with Crippen LogP contribution in [0.4, 0.5) is 0 Å². The number of hydrogen-bond donors (Lipinski definition) is 1. The van der Waals surface area contributed by atoms with Crippen molar-refractivity contribution < 1.29 is 9.53 Å². The summed E-state index contributed by atoms with van der Waals surface area (Å²) >= 11 is 4.64. The van der Waals surface area contributed by atoms with Gasteiger partial charge in [0, 0.05) is 6.42 Å². The molecule has 64 valence electrons. The molecule has 0 radical (unpaired) electrons. The fourth-order valence-electron chi connectivity index (χ4n) is 0.640. The van der Waals surface area contributed by atoms with Gasteiger partial charge in [-0.15, -0.1) is 0 Å². The second-order valence-electron chi connectivity index (χ2n) is 2.12. The first kappa shape index (κ1) is 10.4. The third-order valence-corrected chi connectivity index (χ3v) is 1.31. The number of nitrogens with two attached hydrogens (primary N) is 1. The molecule has 2 N–H and O–H groups in total. The number of ether oxygens (including phenoxy) is 1. The third-order valence-electron chi connectivity index (χ3n) is 1.11. The van der Waals surface area contributed by atoms with E-state index in [1.807, 2.05) is 0 Å². The van der Waals surface area contributed by atoms with Gasteiger partial charge in [0.05, 0.1) is 11.6 Å². The van der Waals surface area contributed by atoms with Crippen molar-refractivity contribution in [3.63, 3.8) is 0 Å². The maximum atomic E-state index is 10.7. The summed E-state index contributed by atoms with van der Waals surface area (Å²) in [4.78, 5) is 11.2. The van der Waals surface area contributed by atoms with Crippen molar-refractivity contribution in [2.45, 2.75) is 26.2 Å². The molecule has 0 aromatic carbocycles. The Labute approximate surface area is 71.9 Å². The first-order valence-electron chi connectivity index (χ1n) is 3.60. The van der Waals surface area contributed by atoms with Gasteiger partial charge in [-0.25, -0.2) is 0 Å². The van der Waals surface area contributed by atoms with Crippen LogP contribution in [0.1, 0.15) is 26.2 Å². The van der Waals surface area contributed by atoms with E-state index in [4.69, 9.17) is 10.5 Å². The van der Waals surface area contributed by atoms with Crippen molar-refractivity contribution in [3.8, 4) is 0 Å². The van der Waals surface area contributed by atoms with E-state index in [9.17, 15) is 4.79 Å². The van der Waals surface area contributed by atoms with Crippen LogP contribution in [0, 0.1) is 0 Å². The molecule has 0 heterocycles. The van der Waals surface area contributed by atoms with Crippen LogP contribution >= 0.6 is 12.2 Å². The Morgan fingerprint density at radius 3 is 2.64 bits per heavy atom. The van der Waals surface area contributed by atoms with Crippen LogP contribution in [0.5, 0.6) is 0 Å². The van der Waals surface area contributed by atoms with Crippen LogP contribution in [0.15, 0.2) is 0 Å². The molecule has 0 aliphatic rings. The zero-order chi connectivity index (χ0) is 8.69. The van der Waals surface area contributed by atoms with Gasteiger partial charge in [0.15, 0.2) is 0 Å². The number of esters is 1. The van der Waals surface area contributed by atoms with E-state index in [0.717, 1.165) is 0 Å². The fourth-order valence-corrected chi connectivity index (χ4v) is 0.784. The van der Waals surface area contributed by atoms with Crippen molar-refractivity contribution in [3.05, 3.63) is 0 Å². The van der Waals surface area contributed by atoms with E-state index in [2.05, 4.69) is 12.2 Å². The molecule has 0 bridgehead atoms. The second kappa shape index (κ2) is 6.09. The van der Waals surface area contributed by atoms with Gasteiger partial charge in [-0.2, -0.15) is 0 Å². The average molecular weight is 175 g/mol. The molecule has 0 atom stereocenters. The van der Waals surface area contributed by atoms with Crippen LogP contribution in [-0.2, 0) is 9.53 Å². The van der Waals surface area contributed by atoms with Gasteiger partial charge in [0.1, 0.15) is 0 Å². The van der Waals surface area contributed by atoms with E-state index in [1.54, 1.807) is 6.92 Å². The summed E-state index contributed by atoms with van der Waals surface area (Å²) in [7, 11) is 0. The Hall–Kier alpha value is -0.640. The summed E-state index contributed by atoms with van der Waals surface area (Å²) < 4.78 is 4.70. The van der Waals surface area contributed by atoms with Gasteiger partial charge in [-0.05, 0) is 19.8 Å². The molecule has 0 fully saturated rings. The lowest BCUT2D eigenvalue weighted by molar-refractivity contribution is -0.143. The van der Waals surface area contributed by atoms with E-state index in [0.29, 0.717) is 30.9 Å². The predicted molar refractivity (Wildman–Crippen MR) is 47.3 cm³/mol. The SMILES string of the molecule is CCOC(=O)CCCC(N)=S. The molecular weight excluding hydrogens is 162 g/mol. The monoisotopic (exact) mass is 175 g/mol. The Morgan fingerprint density at radius 2 is 2.18 bits per heavy atom. The van der Waals surface area contributed by atoms with Crippen molar-refractivity contribution in [1.29, 1.82) is 0 Å². The normalized spacial score (nSPS) is 9.18. The van der Waals surface area contributed by atoms with Crippen molar-refractivity contribution in [1.82, 2.24) is 0 Å². The molecule has 11 heavy (non-hydrogen) atoms. The largest absolute Gasteiger partial charge is 0.466 e. The van der Waals surface area contributed by atoms with Crippen molar-refractivity contribution in [2.24, 2.45) is 5.73 Å². The Kier molecular flexibility index (Phi) is 5.74. The molecular formula is C7H13NO2S. The van der Waals surface area contributed by atoms with Crippen LogP contribution in [0.2, 0.25) is 0 Å². The number of hydrogen-bond acceptors (Lipinski definition) is 3. The van der Waals surface area contributed by atoms with E-state index in [-0.39, 0.29) is 5.97 Å². The number of carbonyl (C=O) groups excluding carboxylic acids is 1. The lowest BCUT2D eigenvalue weighted by atomic mass is 10.2. The van der Waals surface area contributed by atoms with Crippen molar-refractivity contribution in [2.75, 3.05) is 6.61 Å². The van der Waals surface area contributed by atoms with Crippen LogP contribution < -0.4 is 5.73 Å². The second-order valence-corrected chi connectivity index (χ2v) is 2.65. The summed E-state index contributed by atoms with van der Waals surface area (Å²) in [6.07, 6.45) is 1.72. The van der Waals surface area contributed by atoms with Gasteiger partial charge in [-0.1, -0.05) is 12.2 Å². The first-order chi connectivity index (χ1) is 5.16. The molecule has 3 nitrogen and oxygen atoms in total. The first-order valence-corrected chi connectivity index (χ1v) is 4.01. The maximum absolute atomic E-state index is 10.7. The summed E-state index contributed by atoms with van der Waals surface area (Å²) in [6, 6.07) is 0. The predicted octanol–water partition coefficient (Wildman–Crippen LogP) is 1.01. The fraction of sp³-hybridized carbons (Fsp3) is 0.714. The standard InChI is InChI=1S/C7H13NO2S/c1-2-10-7(9)5-3-4-6(8)11/h2-5H2,1H3,(H2,8,11). The van der Waals surface area contributed by atoms with E-state index in [1.165, 1.54) is 0 Å². The molecule has 0 aliphatic carbocycles. The van der Waals surface area contributed by atoms with Crippen LogP contribution in [-0.4, -0.2) is 17.6 Å². The lowest BCUT2D eigenvalue weighted by Gasteiger charge is -1.99. The molecule has 4 heteroatoms. The van der Waals surface area contributed by atoms with E-state index < -0.39 is 0 Å². The highest BCUT2D eigenvalue weighted by Crippen LogP contribution is 1.97. The number of rotatable bonds is 5. The summed E-state index contributed by atoms with van der Waals surface area (Å²) in [5.74, 6) is -0.177. The number of carbonyl (C=O) groups is 1. The number of thiocarbonyl (C=S) groups is 1. The Morgan fingerprint density at radius 1 is 1.55 bits per heavy atom. The molecule has 0 rings (SSSR count). The van der Waals surface area contributed by atoms with Gasteiger partial charge in [0.25, 0.3) is 0 Å².